The Hall–Kier alpha value is -3.21. The lowest BCUT2D eigenvalue weighted by molar-refractivity contribution is 0.100. The summed E-state index contributed by atoms with van der Waals surface area (Å²) in [4.78, 5) is 27.8. The highest BCUT2D eigenvalue weighted by Crippen LogP contribution is 2.37. The van der Waals surface area contributed by atoms with Gasteiger partial charge in [0, 0.05) is 31.1 Å². The number of imidazole rings is 1. The number of pyridine rings is 1. The van der Waals surface area contributed by atoms with E-state index in [9.17, 15) is 9.90 Å². The number of hydrogen-bond acceptors (Lipinski definition) is 8. The third-order valence-electron chi connectivity index (χ3n) is 6.65. The number of amides is 1. The molecule has 3 aromatic heterocycles. The number of benzene rings is 1. The standard InChI is InChI=1S/C25H31N7O2S/c1-2-5-14-12-19(31-25-20(14)21(26)22(35-25)23(27)34)32-10-8-15(9-11-32)28-13-18(33)24-29-16-6-3-4-7-17(16)30-24/h3-4,6-7,12,15,18,28,33H,2,5,8-11,13,26H2,1H3,(H2,27,34)(H,29,30). The predicted molar refractivity (Wildman–Crippen MR) is 141 cm³/mol. The van der Waals surface area contributed by atoms with Crippen LogP contribution >= 0.6 is 11.3 Å². The molecule has 0 spiro atoms. The number of aryl methyl sites for hydroxylation is 1. The van der Waals surface area contributed by atoms with E-state index in [1.54, 1.807) is 0 Å². The molecule has 9 nitrogen and oxygen atoms in total. The van der Waals surface area contributed by atoms with E-state index < -0.39 is 12.0 Å². The third-order valence-corrected chi connectivity index (χ3v) is 7.77. The van der Waals surface area contributed by atoms with Crippen LogP contribution < -0.4 is 21.7 Å². The fraction of sp³-hybridized carbons (Fsp3) is 0.400. The monoisotopic (exact) mass is 493 g/mol. The molecule has 4 heterocycles. The number of nitrogens with two attached hydrogens (primary N) is 2. The zero-order valence-corrected chi connectivity index (χ0v) is 20.6. The molecule has 7 N–H and O–H groups in total. The van der Waals surface area contributed by atoms with E-state index in [0.29, 0.717) is 29.0 Å². The lowest BCUT2D eigenvalue weighted by atomic mass is 10.0. The number of primary amides is 1. The first-order chi connectivity index (χ1) is 16.9. The molecule has 0 radical (unpaired) electrons. The molecule has 0 saturated carbocycles. The Morgan fingerprint density at radius 2 is 2.09 bits per heavy atom. The van der Waals surface area contributed by atoms with E-state index in [1.807, 2.05) is 24.3 Å². The Kier molecular flexibility index (Phi) is 6.59. The molecule has 1 saturated heterocycles. The first-order valence-electron chi connectivity index (χ1n) is 12.1. The zero-order chi connectivity index (χ0) is 24.5. The van der Waals surface area contributed by atoms with Crippen LogP contribution in [-0.2, 0) is 6.42 Å². The van der Waals surface area contributed by atoms with Gasteiger partial charge in [-0.3, -0.25) is 4.79 Å². The van der Waals surface area contributed by atoms with Crippen molar-refractivity contribution in [2.45, 2.75) is 44.8 Å². The molecule has 1 unspecified atom stereocenters. The van der Waals surface area contributed by atoms with Crippen molar-refractivity contribution in [2.24, 2.45) is 5.73 Å². The van der Waals surface area contributed by atoms with Gasteiger partial charge < -0.3 is 31.8 Å². The third kappa shape index (κ3) is 4.69. The first-order valence-corrected chi connectivity index (χ1v) is 12.9. The van der Waals surface area contributed by atoms with Crippen molar-refractivity contribution in [3.8, 4) is 0 Å². The highest BCUT2D eigenvalue weighted by molar-refractivity contribution is 7.21. The van der Waals surface area contributed by atoms with E-state index in [2.05, 4.69) is 33.2 Å². The van der Waals surface area contributed by atoms with Gasteiger partial charge in [-0.15, -0.1) is 11.3 Å². The molecular weight excluding hydrogens is 462 g/mol. The number of fused-ring (bicyclic) bond motifs is 2. The normalized spacial score (nSPS) is 15.8. The lowest BCUT2D eigenvalue weighted by Gasteiger charge is -2.33. The van der Waals surface area contributed by atoms with Gasteiger partial charge in [-0.25, -0.2) is 9.97 Å². The van der Waals surface area contributed by atoms with Gasteiger partial charge in [0.25, 0.3) is 5.91 Å². The molecule has 0 bridgehead atoms. The summed E-state index contributed by atoms with van der Waals surface area (Å²) in [7, 11) is 0. The Morgan fingerprint density at radius 1 is 1.31 bits per heavy atom. The predicted octanol–water partition coefficient (Wildman–Crippen LogP) is 3.10. The number of thiophene rings is 1. The minimum absolute atomic E-state index is 0.308. The number of nitrogens with one attached hydrogen (secondary N) is 2. The van der Waals surface area contributed by atoms with E-state index in [4.69, 9.17) is 16.5 Å². The van der Waals surface area contributed by atoms with E-state index in [-0.39, 0.29) is 0 Å². The molecule has 1 aliphatic rings. The number of carbonyl (C=O) groups excluding carboxylic acids is 1. The summed E-state index contributed by atoms with van der Waals surface area (Å²) in [6.45, 7) is 4.28. The van der Waals surface area contributed by atoms with Crippen LogP contribution in [-0.4, -0.2) is 51.6 Å². The Balaban J connectivity index is 1.24. The van der Waals surface area contributed by atoms with Crippen LogP contribution in [0.1, 0.15) is 53.3 Å². The number of aromatic nitrogens is 3. The summed E-state index contributed by atoms with van der Waals surface area (Å²) in [5, 5.41) is 15.0. The number of H-pyrrole nitrogens is 1. The molecule has 1 amide bonds. The number of para-hydroxylation sites is 2. The van der Waals surface area contributed by atoms with Gasteiger partial charge in [0.1, 0.15) is 27.5 Å². The Morgan fingerprint density at radius 3 is 2.80 bits per heavy atom. The summed E-state index contributed by atoms with van der Waals surface area (Å²) in [6, 6.07) is 10.2. The number of aliphatic hydroxyl groups excluding tert-OH is 1. The second-order valence-electron chi connectivity index (χ2n) is 9.10. The second kappa shape index (κ2) is 9.80. The average molecular weight is 494 g/mol. The van der Waals surface area contributed by atoms with Crippen molar-refractivity contribution in [2.75, 3.05) is 30.3 Å². The van der Waals surface area contributed by atoms with Gasteiger partial charge in [0.05, 0.1) is 16.7 Å². The van der Waals surface area contributed by atoms with Crippen molar-refractivity contribution < 1.29 is 9.90 Å². The molecule has 184 valence electrons. The van der Waals surface area contributed by atoms with Crippen LogP contribution in [0.3, 0.4) is 0 Å². The van der Waals surface area contributed by atoms with Crippen LogP contribution in [0.25, 0.3) is 21.3 Å². The summed E-state index contributed by atoms with van der Waals surface area (Å²) in [6.07, 6.45) is 3.02. The number of anilines is 2. The fourth-order valence-corrected chi connectivity index (χ4v) is 5.80. The van der Waals surface area contributed by atoms with Crippen molar-refractivity contribution in [1.82, 2.24) is 20.3 Å². The topological polar surface area (TPSA) is 146 Å². The van der Waals surface area contributed by atoms with E-state index in [0.717, 1.165) is 71.4 Å². The summed E-state index contributed by atoms with van der Waals surface area (Å²) >= 11 is 1.27. The number of nitrogen functional groups attached to an aromatic ring is 1. The van der Waals surface area contributed by atoms with Crippen LogP contribution in [0.4, 0.5) is 11.5 Å². The summed E-state index contributed by atoms with van der Waals surface area (Å²) in [5.41, 5.74) is 15.1. The molecule has 0 aliphatic carbocycles. The number of aliphatic hydroxyl groups is 1. The van der Waals surface area contributed by atoms with Gasteiger partial charge in [-0.2, -0.15) is 0 Å². The lowest BCUT2D eigenvalue weighted by Crippen LogP contribution is -2.44. The fourth-order valence-electron chi connectivity index (χ4n) is 4.81. The number of aromatic amines is 1. The minimum atomic E-state index is -0.690. The maximum absolute atomic E-state index is 11.8. The van der Waals surface area contributed by atoms with Gasteiger partial charge in [0.2, 0.25) is 0 Å². The largest absolute Gasteiger partial charge is 0.397 e. The van der Waals surface area contributed by atoms with Crippen molar-refractivity contribution in [3.63, 3.8) is 0 Å². The summed E-state index contributed by atoms with van der Waals surface area (Å²) in [5.74, 6) is 0.993. The number of carbonyl (C=O) groups is 1. The Bertz CT molecular complexity index is 1320. The van der Waals surface area contributed by atoms with Crippen LogP contribution in [0.5, 0.6) is 0 Å². The van der Waals surface area contributed by atoms with E-state index in [1.165, 1.54) is 11.3 Å². The van der Waals surface area contributed by atoms with Gasteiger partial charge in [-0.05, 0) is 43.0 Å². The molecular formula is C25H31N7O2S. The summed E-state index contributed by atoms with van der Waals surface area (Å²) < 4.78 is 0. The van der Waals surface area contributed by atoms with E-state index >= 15 is 0 Å². The molecule has 1 aliphatic heterocycles. The SMILES string of the molecule is CCCc1cc(N2CCC(NCC(O)c3nc4ccccc4[nH]3)CC2)nc2sc(C(N)=O)c(N)c12. The van der Waals surface area contributed by atoms with Gasteiger partial charge in [-0.1, -0.05) is 25.5 Å². The number of hydrogen-bond donors (Lipinski definition) is 5. The smallest absolute Gasteiger partial charge is 0.260 e. The minimum Gasteiger partial charge on any atom is -0.397 e. The molecule has 10 heteroatoms. The molecule has 5 rings (SSSR count). The van der Waals surface area contributed by atoms with Crippen molar-refractivity contribution >= 4 is 50.0 Å². The van der Waals surface area contributed by atoms with Gasteiger partial charge in [0.15, 0.2) is 0 Å². The maximum Gasteiger partial charge on any atom is 0.260 e. The van der Waals surface area contributed by atoms with Crippen molar-refractivity contribution in [1.29, 1.82) is 0 Å². The van der Waals surface area contributed by atoms with Crippen molar-refractivity contribution in [3.05, 3.63) is 46.6 Å². The maximum atomic E-state index is 11.8. The van der Waals surface area contributed by atoms with Gasteiger partial charge >= 0.3 is 0 Å². The second-order valence-corrected chi connectivity index (χ2v) is 10.1. The van der Waals surface area contributed by atoms with Crippen LogP contribution in [0, 0.1) is 0 Å². The molecule has 1 aromatic carbocycles. The quantitative estimate of drug-likeness (QED) is 0.253. The Labute approximate surface area is 207 Å². The molecule has 1 atom stereocenters. The molecule has 35 heavy (non-hydrogen) atoms. The number of rotatable bonds is 8. The molecule has 1 fully saturated rings. The van der Waals surface area contributed by atoms with Crippen LogP contribution in [0.2, 0.25) is 0 Å². The van der Waals surface area contributed by atoms with Crippen LogP contribution in [0.15, 0.2) is 30.3 Å². The highest BCUT2D eigenvalue weighted by Gasteiger charge is 2.24. The average Bonchev–Trinajstić information content (AvgIpc) is 3.44. The first kappa shape index (κ1) is 23.5. The zero-order valence-electron chi connectivity index (χ0n) is 19.8. The molecule has 4 aromatic rings. The number of nitrogens with zero attached hydrogens (tertiary/aromatic N) is 3. The highest BCUT2D eigenvalue weighted by atomic mass is 32.1. The number of piperidine rings is 1.